The molecule has 254 valence electrons. The number of allylic oxidation sites excluding steroid dienone is 2. The lowest BCUT2D eigenvalue weighted by atomic mass is 9.33. The maximum Gasteiger partial charge on any atom is 0.228 e. The maximum atomic E-state index is 14.5. The average molecular weight is 631 g/mol. The predicted octanol–water partition coefficient (Wildman–Crippen LogP) is 8.51. The molecule has 1 aromatic rings. The molecule has 0 radical (unpaired) electrons. The zero-order valence-corrected chi connectivity index (χ0v) is 30.3. The molecule has 46 heavy (non-hydrogen) atoms. The number of benzene rings is 1. The number of carbonyl (C=O) groups excluding carboxylic acids is 1. The minimum Gasteiger partial charge on any atom is -0.495 e. The van der Waals surface area contributed by atoms with Crippen LogP contribution in [0.15, 0.2) is 35.9 Å². The summed E-state index contributed by atoms with van der Waals surface area (Å²) in [5.74, 6) is 2.82. The Morgan fingerprint density at radius 3 is 2.26 bits per heavy atom. The molecule has 5 heteroatoms. The molecule has 9 atom stereocenters. The lowest BCUT2D eigenvalue weighted by Crippen LogP contribution is -2.66. The van der Waals surface area contributed by atoms with Gasteiger partial charge in [0.25, 0.3) is 0 Å². The smallest absolute Gasteiger partial charge is 0.228 e. The summed E-state index contributed by atoms with van der Waals surface area (Å²) in [6.45, 7) is 20.7. The first-order valence-electron chi connectivity index (χ1n) is 18.7. The van der Waals surface area contributed by atoms with Crippen molar-refractivity contribution in [2.45, 2.75) is 119 Å². The van der Waals surface area contributed by atoms with Gasteiger partial charge in [0.2, 0.25) is 5.91 Å². The van der Waals surface area contributed by atoms with Gasteiger partial charge in [0.1, 0.15) is 5.75 Å². The molecule has 4 saturated carbocycles. The Hall–Kier alpha value is -2.01. The number of para-hydroxylation sites is 2. The fraction of sp³-hybridized carbons (Fsp3) is 0.780. The Bertz CT molecular complexity index is 1400. The van der Waals surface area contributed by atoms with E-state index < -0.39 is 0 Å². The number of ether oxygens (including phenoxy) is 1. The summed E-state index contributed by atoms with van der Waals surface area (Å²) in [6, 6.07) is 8.24. The van der Waals surface area contributed by atoms with Gasteiger partial charge in [-0.2, -0.15) is 0 Å². The topological polar surface area (TPSA) is 53.0 Å². The van der Waals surface area contributed by atoms with E-state index in [-0.39, 0.29) is 38.6 Å². The molecule has 1 aromatic carbocycles. The molecule has 1 aliphatic heterocycles. The van der Waals surface area contributed by atoms with Crippen LogP contribution < -0.4 is 9.64 Å². The van der Waals surface area contributed by atoms with Crippen molar-refractivity contribution in [1.29, 1.82) is 0 Å². The second-order valence-electron chi connectivity index (χ2n) is 18.6. The molecule has 6 aliphatic rings. The fourth-order valence-corrected chi connectivity index (χ4v) is 13.0. The maximum absolute atomic E-state index is 14.5. The number of carbonyl (C=O) groups is 1. The van der Waals surface area contributed by atoms with Gasteiger partial charge in [0.15, 0.2) is 0 Å². The Morgan fingerprint density at radius 1 is 0.848 bits per heavy atom. The number of fused-ring (bicyclic) bond motifs is 7. The van der Waals surface area contributed by atoms with Crippen molar-refractivity contribution in [3.8, 4) is 5.75 Å². The first kappa shape index (κ1) is 32.5. The third kappa shape index (κ3) is 4.44. The molecule has 0 aromatic heterocycles. The Morgan fingerprint density at radius 2 is 1.54 bits per heavy atom. The predicted molar refractivity (Wildman–Crippen MR) is 187 cm³/mol. The highest BCUT2D eigenvalue weighted by molar-refractivity contribution is 5.83. The highest BCUT2D eigenvalue weighted by atomic mass is 16.5. The molecule has 7 rings (SSSR count). The van der Waals surface area contributed by atoms with Crippen LogP contribution >= 0.6 is 0 Å². The largest absolute Gasteiger partial charge is 0.495 e. The van der Waals surface area contributed by atoms with Crippen LogP contribution in [0, 0.1) is 50.2 Å². The van der Waals surface area contributed by atoms with Crippen molar-refractivity contribution in [1.82, 2.24) is 4.90 Å². The molecule has 5 aliphatic carbocycles. The summed E-state index contributed by atoms with van der Waals surface area (Å²) in [6.07, 6.45) is 13.7. The quantitative estimate of drug-likeness (QED) is 0.340. The third-order valence-electron chi connectivity index (χ3n) is 16.2. The van der Waals surface area contributed by atoms with Crippen LogP contribution in [0.3, 0.4) is 0 Å². The number of methoxy groups -OCH3 is 1. The summed E-state index contributed by atoms with van der Waals surface area (Å²) in [5.41, 5.74) is 3.30. The van der Waals surface area contributed by atoms with Gasteiger partial charge in [0, 0.05) is 37.0 Å². The molecule has 1 saturated heterocycles. The summed E-state index contributed by atoms with van der Waals surface area (Å²) in [7, 11) is 1.74. The van der Waals surface area contributed by atoms with Crippen molar-refractivity contribution in [2.24, 2.45) is 50.2 Å². The molecule has 1 heterocycles. The second kappa shape index (κ2) is 10.7. The van der Waals surface area contributed by atoms with Gasteiger partial charge in [-0.3, -0.25) is 4.79 Å². The zero-order chi connectivity index (χ0) is 32.9. The third-order valence-corrected chi connectivity index (χ3v) is 16.2. The van der Waals surface area contributed by atoms with E-state index in [1.54, 1.807) is 12.7 Å². The molecule has 5 fully saturated rings. The van der Waals surface area contributed by atoms with Crippen LogP contribution in [-0.4, -0.2) is 55.3 Å². The minimum absolute atomic E-state index is 0.0382. The van der Waals surface area contributed by atoms with Crippen molar-refractivity contribution >= 4 is 11.6 Å². The Labute approximate surface area is 279 Å². The highest BCUT2D eigenvalue weighted by Crippen LogP contribution is 2.75. The van der Waals surface area contributed by atoms with E-state index in [1.807, 2.05) is 12.1 Å². The Balaban J connectivity index is 1.14. The van der Waals surface area contributed by atoms with Crippen LogP contribution in [0.5, 0.6) is 5.75 Å². The number of aliphatic hydroxyl groups excluding tert-OH is 1. The van der Waals surface area contributed by atoms with Crippen molar-refractivity contribution < 1.29 is 14.6 Å². The van der Waals surface area contributed by atoms with E-state index in [9.17, 15) is 9.90 Å². The van der Waals surface area contributed by atoms with Gasteiger partial charge >= 0.3 is 0 Å². The van der Waals surface area contributed by atoms with Crippen LogP contribution in [0.2, 0.25) is 0 Å². The summed E-state index contributed by atoms with van der Waals surface area (Å²) in [4.78, 5) is 19.0. The average Bonchev–Trinajstić information content (AvgIpc) is 3.04. The van der Waals surface area contributed by atoms with E-state index in [0.717, 1.165) is 76.1 Å². The molecule has 1 amide bonds. The summed E-state index contributed by atoms with van der Waals surface area (Å²) >= 11 is 0. The number of amides is 1. The number of anilines is 1. The van der Waals surface area contributed by atoms with E-state index >= 15 is 0 Å². The second-order valence-corrected chi connectivity index (χ2v) is 18.6. The van der Waals surface area contributed by atoms with Crippen molar-refractivity contribution in [2.75, 3.05) is 38.2 Å². The number of aliphatic hydroxyl groups is 1. The zero-order valence-electron chi connectivity index (χ0n) is 30.3. The van der Waals surface area contributed by atoms with Gasteiger partial charge in [-0.15, -0.1) is 0 Å². The van der Waals surface area contributed by atoms with E-state index in [4.69, 9.17) is 4.74 Å². The summed E-state index contributed by atoms with van der Waals surface area (Å²) in [5, 5.41) is 11.7. The molecule has 5 nitrogen and oxygen atoms in total. The van der Waals surface area contributed by atoms with E-state index in [2.05, 4.69) is 76.5 Å². The first-order chi connectivity index (χ1) is 21.6. The summed E-state index contributed by atoms with van der Waals surface area (Å²) < 4.78 is 5.64. The monoisotopic (exact) mass is 630 g/mol. The van der Waals surface area contributed by atoms with Crippen LogP contribution in [0.1, 0.15) is 113 Å². The fourth-order valence-electron chi connectivity index (χ4n) is 13.0. The molecule has 1 N–H and O–H groups in total. The number of hydrogen-bond acceptors (Lipinski definition) is 4. The van der Waals surface area contributed by atoms with E-state index in [0.29, 0.717) is 23.7 Å². The van der Waals surface area contributed by atoms with Crippen LogP contribution in [0.25, 0.3) is 0 Å². The molecular weight excluding hydrogens is 568 g/mol. The van der Waals surface area contributed by atoms with Gasteiger partial charge < -0.3 is 19.6 Å². The number of piperazine rings is 1. The molecule has 4 unspecified atom stereocenters. The number of hydrogen-bond donors (Lipinski definition) is 1. The highest BCUT2D eigenvalue weighted by Gasteiger charge is 2.69. The molecular formula is C41H62N2O3. The van der Waals surface area contributed by atoms with Crippen LogP contribution in [0.4, 0.5) is 5.69 Å². The standard InChI is InChI=1S/C41H62N2O3/c1-36(2)17-16-34(44)41(7)32(36)15-18-40(6)33(41)14-13-28-29-27-38(4,20-19-37(29,3)21-22-39(28,40)5)35(45)43-25-23-42(24-26-43)30-11-9-10-12-31(30)46-8/h9-13,29,32-34,44H,14-27H2,1-8H3/t29-,32?,33?,34?,37+,38?,39+,40+,41-/m0/s1. The van der Waals surface area contributed by atoms with Gasteiger partial charge in [-0.25, -0.2) is 0 Å². The van der Waals surface area contributed by atoms with E-state index in [1.165, 1.54) is 25.7 Å². The van der Waals surface area contributed by atoms with Gasteiger partial charge in [0.05, 0.1) is 18.9 Å². The Kier molecular flexibility index (Phi) is 7.60. The minimum atomic E-state index is -0.319. The van der Waals surface area contributed by atoms with Crippen LogP contribution in [-0.2, 0) is 4.79 Å². The first-order valence-corrected chi connectivity index (χ1v) is 18.7. The lowest BCUT2D eigenvalue weighted by Gasteiger charge is -2.71. The lowest BCUT2D eigenvalue weighted by molar-refractivity contribution is -0.219. The van der Waals surface area contributed by atoms with Crippen molar-refractivity contribution in [3.63, 3.8) is 0 Å². The van der Waals surface area contributed by atoms with Gasteiger partial charge in [-0.05, 0) is 116 Å². The van der Waals surface area contributed by atoms with Gasteiger partial charge in [-0.1, -0.05) is 72.2 Å². The molecule has 0 spiro atoms. The normalized spacial score (nSPS) is 45.0. The number of rotatable bonds is 3. The molecule has 0 bridgehead atoms. The SMILES string of the molecule is COc1ccccc1N1CCN(C(=O)C2(C)CC[C@]3(C)CC[C@]4(C)C(=CCC5[C@@]6(C)C(O)CCC(C)(C)C6CC[C@]54C)[C@@H]3C2)CC1. The van der Waals surface area contributed by atoms with Crippen molar-refractivity contribution in [3.05, 3.63) is 35.9 Å². The number of nitrogens with zero attached hydrogens (tertiary/aromatic N) is 2.